The Bertz CT molecular complexity index is 582. The molecule has 6 atom stereocenters. The smallest absolute Gasteiger partial charge is 0.333 e. The molecule has 4 fully saturated rings. The van der Waals surface area contributed by atoms with Crippen LogP contribution in [0, 0.1) is 28.6 Å². The van der Waals surface area contributed by atoms with Gasteiger partial charge >= 0.3 is 11.9 Å². The third-order valence-corrected chi connectivity index (χ3v) is 6.95. The highest BCUT2D eigenvalue weighted by Crippen LogP contribution is 2.68. The number of hydrogen-bond acceptors (Lipinski definition) is 5. The van der Waals surface area contributed by atoms with Crippen LogP contribution in [0.2, 0.25) is 0 Å². The Morgan fingerprint density at radius 1 is 1.33 bits per heavy atom. The van der Waals surface area contributed by atoms with E-state index in [1.807, 2.05) is 0 Å². The molecule has 24 heavy (non-hydrogen) atoms. The van der Waals surface area contributed by atoms with Gasteiger partial charge < -0.3 is 14.2 Å². The molecule has 0 N–H and O–H groups in total. The van der Waals surface area contributed by atoms with Gasteiger partial charge in [0.25, 0.3) is 0 Å². The first-order chi connectivity index (χ1) is 11.2. The fraction of sp³-hybridized carbons (Fsp3) is 0.789. The third-order valence-electron chi connectivity index (χ3n) is 6.95. The summed E-state index contributed by atoms with van der Waals surface area (Å²) in [7, 11) is 1.65. The van der Waals surface area contributed by atoms with Gasteiger partial charge in [0, 0.05) is 29.4 Å². The number of carbonyl (C=O) groups excluding carboxylic acids is 2. The fourth-order valence-electron chi connectivity index (χ4n) is 5.55. The SMILES string of the molecule is C=C(C)C(=O)OC1C(OC)C2(C(C)C)CCC1(C)C1COC(=O)C12. The second-order valence-corrected chi connectivity index (χ2v) is 8.25. The van der Waals surface area contributed by atoms with Crippen LogP contribution in [-0.4, -0.2) is 37.9 Å². The molecule has 1 heterocycles. The number of esters is 2. The summed E-state index contributed by atoms with van der Waals surface area (Å²) >= 11 is 0. The predicted octanol–water partition coefficient (Wildman–Crippen LogP) is 2.73. The molecule has 4 aliphatic rings. The van der Waals surface area contributed by atoms with Gasteiger partial charge in [-0.2, -0.15) is 0 Å². The van der Waals surface area contributed by atoms with E-state index in [-0.39, 0.29) is 40.7 Å². The summed E-state index contributed by atoms with van der Waals surface area (Å²) in [4.78, 5) is 24.8. The van der Waals surface area contributed by atoms with Gasteiger partial charge in [0.2, 0.25) is 0 Å². The lowest BCUT2D eigenvalue weighted by Crippen LogP contribution is -2.71. The Balaban J connectivity index is 2.10. The van der Waals surface area contributed by atoms with Crippen LogP contribution in [-0.2, 0) is 23.8 Å². The van der Waals surface area contributed by atoms with E-state index >= 15 is 0 Å². The third kappa shape index (κ3) is 2.03. The first-order valence-electron chi connectivity index (χ1n) is 8.76. The normalized spacial score (nSPS) is 43.5. The van der Waals surface area contributed by atoms with Crippen LogP contribution in [0.4, 0.5) is 0 Å². The molecule has 5 heteroatoms. The second-order valence-electron chi connectivity index (χ2n) is 8.25. The zero-order valence-electron chi connectivity index (χ0n) is 15.3. The van der Waals surface area contributed by atoms with Crippen molar-refractivity contribution in [3.63, 3.8) is 0 Å². The summed E-state index contributed by atoms with van der Waals surface area (Å²) in [5.41, 5.74) is -0.298. The van der Waals surface area contributed by atoms with E-state index in [1.54, 1.807) is 14.0 Å². The van der Waals surface area contributed by atoms with Crippen molar-refractivity contribution in [1.82, 2.24) is 0 Å². The number of fused-ring (bicyclic) bond motifs is 2. The predicted molar refractivity (Wildman–Crippen MR) is 88.0 cm³/mol. The van der Waals surface area contributed by atoms with E-state index < -0.39 is 12.1 Å². The molecule has 4 rings (SSSR count). The van der Waals surface area contributed by atoms with Crippen molar-refractivity contribution in [3.8, 4) is 0 Å². The first-order valence-corrected chi connectivity index (χ1v) is 8.76. The Labute approximate surface area is 143 Å². The van der Waals surface area contributed by atoms with Crippen molar-refractivity contribution in [3.05, 3.63) is 12.2 Å². The zero-order chi connectivity index (χ0) is 17.9. The molecule has 0 aromatic heterocycles. The fourth-order valence-corrected chi connectivity index (χ4v) is 5.55. The number of cyclic esters (lactones) is 1. The van der Waals surface area contributed by atoms with Crippen LogP contribution in [0.25, 0.3) is 0 Å². The number of ether oxygens (including phenoxy) is 3. The lowest BCUT2D eigenvalue weighted by Gasteiger charge is -2.65. The second kappa shape index (κ2) is 5.58. The highest BCUT2D eigenvalue weighted by atomic mass is 16.6. The monoisotopic (exact) mass is 336 g/mol. The number of rotatable bonds is 4. The van der Waals surface area contributed by atoms with Crippen LogP contribution >= 0.6 is 0 Å². The van der Waals surface area contributed by atoms with Gasteiger partial charge in [-0.3, -0.25) is 4.79 Å². The highest BCUT2D eigenvalue weighted by Gasteiger charge is 2.73. The summed E-state index contributed by atoms with van der Waals surface area (Å²) in [5, 5.41) is 0. The molecule has 0 radical (unpaired) electrons. The van der Waals surface area contributed by atoms with Crippen molar-refractivity contribution in [1.29, 1.82) is 0 Å². The van der Waals surface area contributed by atoms with Gasteiger partial charge in [-0.15, -0.1) is 0 Å². The maximum Gasteiger partial charge on any atom is 0.333 e. The van der Waals surface area contributed by atoms with Gasteiger partial charge in [-0.05, 0) is 25.7 Å². The molecular weight excluding hydrogens is 308 g/mol. The van der Waals surface area contributed by atoms with Crippen molar-refractivity contribution < 1.29 is 23.8 Å². The summed E-state index contributed by atoms with van der Waals surface area (Å²) in [5.74, 6) is -0.407. The Hall–Kier alpha value is -1.36. The largest absolute Gasteiger partial charge is 0.465 e. The molecule has 6 unspecified atom stereocenters. The van der Waals surface area contributed by atoms with Gasteiger partial charge in [-0.1, -0.05) is 27.4 Å². The Morgan fingerprint density at radius 2 is 2.00 bits per heavy atom. The molecule has 134 valence electrons. The van der Waals surface area contributed by atoms with Crippen molar-refractivity contribution >= 4 is 11.9 Å². The average molecular weight is 336 g/mol. The lowest BCUT2D eigenvalue weighted by molar-refractivity contribution is -0.266. The highest BCUT2D eigenvalue weighted by molar-refractivity contribution is 5.87. The standard InChI is InChI=1S/C19H28O5/c1-10(2)16(20)24-14-15(22-6)19(11(3)4)8-7-18(14,5)12-9-23-17(21)13(12)19/h11-15H,1,7-9H2,2-6H3. The van der Waals surface area contributed by atoms with E-state index in [2.05, 4.69) is 27.4 Å². The molecule has 0 spiro atoms. The lowest BCUT2D eigenvalue weighted by atomic mass is 9.41. The van der Waals surface area contributed by atoms with Crippen LogP contribution in [0.5, 0.6) is 0 Å². The maximum absolute atomic E-state index is 12.5. The van der Waals surface area contributed by atoms with Crippen LogP contribution in [0.1, 0.15) is 40.5 Å². The topological polar surface area (TPSA) is 61.8 Å². The van der Waals surface area contributed by atoms with Crippen LogP contribution in [0.3, 0.4) is 0 Å². The minimum absolute atomic E-state index is 0.0653. The molecule has 0 aromatic rings. The van der Waals surface area contributed by atoms with Crippen molar-refractivity contribution in [2.24, 2.45) is 28.6 Å². The van der Waals surface area contributed by atoms with E-state index in [0.717, 1.165) is 12.8 Å². The minimum Gasteiger partial charge on any atom is -0.465 e. The van der Waals surface area contributed by atoms with Crippen LogP contribution in [0.15, 0.2) is 12.2 Å². The van der Waals surface area contributed by atoms with E-state index in [0.29, 0.717) is 12.2 Å². The maximum atomic E-state index is 12.5. The Kier molecular flexibility index (Phi) is 4.06. The van der Waals surface area contributed by atoms with Gasteiger partial charge in [0.1, 0.15) is 12.2 Å². The van der Waals surface area contributed by atoms with Crippen molar-refractivity contribution in [2.75, 3.05) is 13.7 Å². The van der Waals surface area contributed by atoms with Crippen LogP contribution < -0.4 is 0 Å². The molecule has 5 nitrogen and oxygen atoms in total. The number of hydrogen-bond donors (Lipinski definition) is 0. The molecule has 1 aliphatic heterocycles. The average Bonchev–Trinajstić information content (AvgIpc) is 2.92. The minimum atomic E-state index is -0.392. The molecule has 0 amide bonds. The van der Waals surface area contributed by atoms with Crippen molar-refractivity contribution in [2.45, 2.75) is 52.7 Å². The summed E-state index contributed by atoms with van der Waals surface area (Å²) < 4.78 is 17.2. The summed E-state index contributed by atoms with van der Waals surface area (Å²) in [6.07, 6.45) is 1.08. The van der Waals surface area contributed by atoms with E-state index in [4.69, 9.17) is 14.2 Å². The molecule has 2 bridgehead atoms. The first kappa shape index (κ1) is 17.5. The summed E-state index contributed by atoms with van der Waals surface area (Å²) in [6, 6.07) is 0. The van der Waals surface area contributed by atoms with Gasteiger partial charge in [-0.25, -0.2) is 4.79 Å². The van der Waals surface area contributed by atoms with E-state index in [1.165, 1.54) is 0 Å². The number of carbonyl (C=O) groups is 2. The molecule has 3 aliphatic carbocycles. The number of methoxy groups -OCH3 is 1. The van der Waals surface area contributed by atoms with E-state index in [9.17, 15) is 9.59 Å². The van der Waals surface area contributed by atoms with Gasteiger partial charge in [0.05, 0.1) is 12.5 Å². The zero-order valence-corrected chi connectivity index (χ0v) is 15.3. The quantitative estimate of drug-likeness (QED) is 0.583. The molecular formula is C19H28O5. The molecule has 1 saturated heterocycles. The molecule has 0 aromatic carbocycles. The molecule has 3 saturated carbocycles. The summed E-state index contributed by atoms with van der Waals surface area (Å²) in [6.45, 7) is 12.1. The van der Waals surface area contributed by atoms with Gasteiger partial charge in [0.15, 0.2) is 0 Å². The Morgan fingerprint density at radius 3 is 2.54 bits per heavy atom.